The summed E-state index contributed by atoms with van der Waals surface area (Å²) in [6, 6.07) is 16.3. The number of hydrogen-bond acceptors (Lipinski definition) is 5. The van der Waals surface area contributed by atoms with E-state index in [9.17, 15) is 14.4 Å². The number of carbonyl (C=O) groups excluding carboxylic acids is 3. The van der Waals surface area contributed by atoms with Crippen molar-refractivity contribution in [2.45, 2.75) is 32.9 Å². The first-order valence-electron chi connectivity index (χ1n) is 9.79. The molecule has 0 saturated heterocycles. The number of benzene rings is 2. The zero-order chi connectivity index (χ0) is 23.0. The van der Waals surface area contributed by atoms with Crippen molar-refractivity contribution >= 4 is 17.7 Å². The maximum atomic E-state index is 12.8. The van der Waals surface area contributed by atoms with E-state index in [2.05, 4.69) is 10.6 Å². The number of nitrogens with one attached hydrogen (secondary N) is 2. The average molecular weight is 425 g/mol. The minimum absolute atomic E-state index is 0.244. The lowest BCUT2D eigenvalue weighted by atomic mass is 9.86. The van der Waals surface area contributed by atoms with Gasteiger partial charge in [-0.15, -0.1) is 0 Å². The summed E-state index contributed by atoms with van der Waals surface area (Å²) in [7, 11) is 0. The van der Waals surface area contributed by atoms with Crippen molar-refractivity contribution in [3.8, 4) is 5.75 Å². The van der Waals surface area contributed by atoms with Crippen LogP contribution in [0.2, 0.25) is 0 Å². The Balaban J connectivity index is 2.08. The molecular weight excluding hydrogens is 396 g/mol. The molecule has 8 nitrogen and oxygen atoms in total. The Labute approximate surface area is 181 Å². The molecule has 2 aromatic carbocycles. The molecule has 0 aromatic heterocycles. The molecule has 0 aliphatic rings. The third-order valence-corrected chi connectivity index (χ3v) is 5.04. The molecule has 0 radical (unpaired) electrons. The van der Waals surface area contributed by atoms with Crippen molar-refractivity contribution in [3.05, 3.63) is 77.6 Å². The van der Waals surface area contributed by atoms with Gasteiger partial charge >= 0.3 is 0 Å². The number of carbonyl (C=O) groups is 3. The Bertz CT molecular complexity index is 955. The third kappa shape index (κ3) is 6.08. The molecule has 0 aliphatic carbocycles. The maximum absolute atomic E-state index is 12.8. The van der Waals surface area contributed by atoms with Gasteiger partial charge in [0.15, 0.2) is 0 Å². The highest BCUT2D eigenvalue weighted by atomic mass is 16.5. The van der Waals surface area contributed by atoms with Crippen molar-refractivity contribution in [3.63, 3.8) is 0 Å². The van der Waals surface area contributed by atoms with E-state index in [0.29, 0.717) is 17.9 Å². The van der Waals surface area contributed by atoms with Crippen LogP contribution in [0.4, 0.5) is 0 Å². The fraction of sp³-hybridized carbons (Fsp3) is 0.261. The molecule has 164 valence electrons. The van der Waals surface area contributed by atoms with Gasteiger partial charge in [0.05, 0.1) is 0 Å². The minimum Gasteiger partial charge on any atom is -0.489 e. The highest BCUT2D eigenvalue weighted by Gasteiger charge is 2.39. The van der Waals surface area contributed by atoms with Crippen molar-refractivity contribution < 1.29 is 19.1 Å². The van der Waals surface area contributed by atoms with Crippen LogP contribution in [0.15, 0.2) is 66.5 Å². The number of amides is 3. The highest BCUT2D eigenvalue weighted by Crippen LogP contribution is 2.20. The fourth-order valence-electron chi connectivity index (χ4n) is 2.65. The number of ether oxygens (including phenoxy) is 1. The summed E-state index contributed by atoms with van der Waals surface area (Å²) >= 11 is 0. The lowest BCUT2D eigenvalue weighted by molar-refractivity contribution is -0.129. The van der Waals surface area contributed by atoms with E-state index in [1.165, 1.54) is 0 Å². The van der Waals surface area contributed by atoms with Gasteiger partial charge in [0.2, 0.25) is 5.91 Å². The smallest absolute Gasteiger partial charge is 0.266 e. The van der Waals surface area contributed by atoms with Gasteiger partial charge in [0.25, 0.3) is 11.8 Å². The first kappa shape index (κ1) is 23.5. The Morgan fingerprint density at radius 2 is 1.68 bits per heavy atom. The van der Waals surface area contributed by atoms with Gasteiger partial charge in [-0.1, -0.05) is 44.2 Å². The number of primary amides is 1. The number of hydrogen-bond donors (Lipinski definition) is 4. The second-order valence-electron chi connectivity index (χ2n) is 7.51. The summed E-state index contributed by atoms with van der Waals surface area (Å²) in [6.07, 6.45) is 0.914. The Morgan fingerprint density at radius 3 is 2.19 bits per heavy atom. The number of rotatable bonds is 9. The Morgan fingerprint density at radius 1 is 1.06 bits per heavy atom. The molecule has 6 N–H and O–H groups in total. The molecule has 0 unspecified atom stereocenters. The SMILES string of the molecule is CC(C)[C@](C)(NC(=O)c1ccc(OCc2ccccc2)cc1)C(=O)NC(=CN)C(N)=O. The van der Waals surface area contributed by atoms with E-state index in [4.69, 9.17) is 16.2 Å². The summed E-state index contributed by atoms with van der Waals surface area (Å²) in [5.41, 5.74) is 10.3. The summed E-state index contributed by atoms with van der Waals surface area (Å²) < 4.78 is 5.73. The second kappa shape index (κ2) is 10.3. The minimum atomic E-state index is -1.32. The van der Waals surface area contributed by atoms with Gasteiger partial charge in [-0.3, -0.25) is 14.4 Å². The van der Waals surface area contributed by atoms with Crippen molar-refractivity contribution in [2.75, 3.05) is 0 Å². The van der Waals surface area contributed by atoms with Crippen LogP contribution in [0.25, 0.3) is 0 Å². The van der Waals surface area contributed by atoms with Crippen molar-refractivity contribution in [1.82, 2.24) is 10.6 Å². The maximum Gasteiger partial charge on any atom is 0.266 e. The highest BCUT2D eigenvalue weighted by molar-refractivity contribution is 6.02. The van der Waals surface area contributed by atoms with Gasteiger partial charge < -0.3 is 26.8 Å². The van der Waals surface area contributed by atoms with E-state index in [0.717, 1.165) is 11.8 Å². The lowest BCUT2D eigenvalue weighted by Gasteiger charge is -2.33. The van der Waals surface area contributed by atoms with Gasteiger partial charge in [-0.2, -0.15) is 0 Å². The lowest BCUT2D eigenvalue weighted by Crippen LogP contribution is -2.60. The largest absolute Gasteiger partial charge is 0.489 e. The fourth-order valence-corrected chi connectivity index (χ4v) is 2.65. The average Bonchev–Trinajstić information content (AvgIpc) is 2.76. The van der Waals surface area contributed by atoms with Crippen LogP contribution >= 0.6 is 0 Å². The van der Waals surface area contributed by atoms with Crippen LogP contribution in [-0.2, 0) is 16.2 Å². The molecule has 1 atom stereocenters. The summed E-state index contributed by atoms with van der Waals surface area (Å²) in [5, 5.41) is 5.12. The van der Waals surface area contributed by atoms with Gasteiger partial charge in [0, 0.05) is 11.8 Å². The zero-order valence-electron chi connectivity index (χ0n) is 17.8. The van der Waals surface area contributed by atoms with Crippen LogP contribution in [0.3, 0.4) is 0 Å². The second-order valence-corrected chi connectivity index (χ2v) is 7.51. The Hall–Kier alpha value is -3.81. The summed E-state index contributed by atoms with van der Waals surface area (Å²) in [6.45, 7) is 5.53. The standard InChI is InChI=1S/C23H28N4O4/c1-15(2)23(3,22(30)26-19(13-24)20(25)28)27-21(29)17-9-11-18(12-10-17)31-14-16-7-5-4-6-8-16/h4-13,15H,14,24H2,1-3H3,(H2,25,28)(H,26,30)(H,27,29)/t23-/m0/s1. The van der Waals surface area contributed by atoms with E-state index in [1.807, 2.05) is 30.3 Å². The molecule has 31 heavy (non-hydrogen) atoms. The molecule has 0 fully saturated rings. The monoisotopic (exact) mass is 424 g/mol. The van der Waals surface area contributed by atoms with E-state index in [-0.39, 0.29) is 11.6 Å². The molecular formula is C23H28N4O4. The predicted molar refractivity (Wildman–Crippen MR) is 118 cm³/mol. The van der Waals surface area contributed by atoms with Crippen LogP contribution in [0.5, 0.6) is 5.75 Å². The molecule has 0 bridgehead atoms. The van der Waals surface area contributed by atoms with E-state index >= 15 is 0 Å². The predicted octanol–water partition coefficient (Wildman–Crippen LogP) is 1.81. The molecule has 0 aliphatic heterocycles. The molecule has 2 aromatic rings. The van der Waals surface area contributed by atoms with E-state index < -0.39 is 23.3 Å². The first-order valence-corrected chi connectivity index (χ1v) is 9.79. The number of nitrogens with two attached hydrogens (primary N) is 2. The molecule has 2 rings (SSSR count). The van der Waals surface area contributed by atoms with Gasteiger partial charge in [0.1, 0.15) is 23.6 Å². The van der Waals surface area contributed by atoms with Crippen LogP contribution in [0.1, 0.15) is 36.7 Å². The van der Waals surface area contributed by atoms with Crippen molar-refractivity contribution in [2.24, 2.45) is 17.4 Å². The third-order valence-electron chi connectivity index (χ3n) is 5.04. The first-order chi connectivity index (χ1) is 14.7. The van der Waals surface area contributed by atoms with Crippen LogP contribution in [0, 0.1) is 5.92 Å². The molecule has 0 saturated carbocycles. The van der Waals surface area contributed by atoms with Gasteiger partial charge in [-0.05, 0) is 42.7 Å². The van der Waals surface area contributed by atoms with Crippen LogP contribution < -0.4 is 26.8 Å². The zero-order valence-corrected chi connectivity index (χ0v) is 17.8. The summed E-state index contributed by atoms with van der Waals surface area (Å²) in [5.74, 6) is -1.60. The molecule has 0 heterocycles. The normalized spacial score (nSPS) is 13.2. The molecule has 0 spiro atoms. The Kier molecular flexibility index (Phi) is 7.79. The van der Waals surface area contributed by atoms with Crippen molar-refractivity contribution in [1.29, 1.82) is 0 Å². The molecule has 8 heteroatoms. The quantitative estimate of drug-likeness (QED) is 0.455. The van der Waals surface area contributed by atoms with E-state index in [1.54, 1.807) is 45.0 Å². The van der Waals surface area contributed by atoms with Gasteiger partial charge in [-0.25, -0.2) is 0 Å². The summed E-state index contributed by atoms with van der Waals surface area (Å²) in [4.78, 5) is 36.9. The topological polar surface area (TPSA) is 137 Å². The van der Waals surface area contributed by atoms with Crippen LogP contribution in [-0.4, -0.2) is 23.3 Å². The molecule has 3 amide bonds.